The van der Waals surface area contributed by atoms with E-state index in [4.69, 9.17) is 4.74 Å². The first kappa shape index (κ1) is 17.2. The van der Waals surface area contributed by atoms with E-state index in [9.17, 15) is 4.79 Å². The van der Waals surface area contributed by atoms with Crippen LogP contribution in [0.3, 0.4) is 0 Å². The molecule has 0 aliphatic rings. The summed E-state index contributed by atoms with van der Waals surface area (Å²) in [5.41, 5.74) is 4.23. The van der Waals surface area contributed by atoms with Crippen LogP contribution in [0.5, 0.6) is 0 Å². The molecule has 0 aliphatic heterocycles. The fourth-order valence-corrected chi connectivity index (χ4v) is 3.33. The molecule has 2 heterocycles. The Labute approximate surface area is 149 Å². The summed E-state index contributed by atoms with van der Waals surface area (Å²) >= 11 is 1.54. The Bertz CT molecular complexity index is 870. The lowest BCUT2D eigenvalue weighted by molar-refractivity contribution is 0.0963. The number of aryl methyl sites for hydroxylation is 1. The van der Waals surface area contributed by atoms with Gasteiger partial charge in [0.1, 0.15) is 6.61 Å². The van der Waals surface area contributed by atoms with E-state index in [2.05, 4.69) is 27.3 Å². The first-order chi connectivity index (χ1) is 12.2. The molecule has 1 amide bonds. The number of hydrogen-bond acceptors (Lipinski definition) is 6. The van der Waals surface area contributed by atoms with Gasteiger partial charge in [-0.3, -0.25) is 4.79 Å². The SMILES string of the molecule is CCc1ncsc1-c1nc(COC)nn1-c1ccc(C(=O)NC)cc1. The number of thiazole rings is 1. The maximum atomic E-state index is 11.7. The monoisotopic (exact) mass is 357 g/mol. The maximum Gasteiger partial charge on any atom is 0.251 e. The van der Waals surface area contributed by atoms with Gasteiger partial charge < -0.3 is 10.1 Å². The summed E-state index contributed by atoms with van der Waals surface area (Å²) in [6.07, 6.45) is 0.820. The molecular formula is C17H19N5O2S. The van der Waals surface area contributed by atoms with E-state index >= 15 is 0 Å². The summed E-state index contributed by atoms with van der Waals surface area (Å²) in [7, 11) is 3.22. The summed E-state index contributed by atoms with van der Waals surface area (Å²) in [6.45, 7) is 2.39. The Hall–Kier alpha value is -2.58. The van der Waals surface area contributed by atoms with Crippen LogP contribution in [0.4, 0.5) is 0 Å². The largest absolute Gasteiger partial charge is 0.377 e. The summed E-state index contributed by atoms with van der Waals surface area (Å²) in [5.74, 6) is 1.21. The van der Waals surface area contributed by atoms with Gasteiger partial charge >= 0.3 is 0 Å². The molecule has 3 rings (SSSR count). The molecule has 7 nitrogen and oxygen atoms in total. The topological polar surface area (TPSA) is 81.9 Å². The average molecular weight is 357 g/mol. The summed E-state index contributed by atoms with van der Waals surface area (Å²) in [5, 5.41) is 7.17. The molecule has 0 atom stereocenters. The van der Waals surface area contributed by atoms with E-state index in [-0.39, 0.29) is 5.91 Å². The normalized spacial score (nSPS) is 10.8. The zero-order valence-electron chi connectivity index (χ0n) is 14.3. The lowest BCUT2D eigenvalue weighted by Crippen LogP contribution is -2.17. The predicted molar refractivity (Wildman–Crippen MR) is 95.9 cm³/mol. The van der Waals surface area contributed by atoms with Crippen LogP contribution in [0.2, 0.25) is 0 Å². The number of nitrogens with zero attached hydrogens (tertiary/aromatic N) is 4. The van der Waals surface area contributed by atoms with Crippen LogP contribution in [0.1, 0.15) is 28.8 Å². The van der Waals surface area contributed by atoms with E-state index < -0.39 is 0 Å². The third-order valence-corrected chi connectivity index (χ3v) is 4.57. The quantitative estimate of drug-likeness (QED) is 0.733. The maximum absolute atomic E-state index is 11.7. The molecule has 0 aliphatic carbocycles. The van der Waals surface area contributed by atoms with Gasteiger partial charge in [0.2, 0.25) is 0 Å². The van der Waals surface area contributed by atoms with Gasteiger partial charge in [-0.2, -0.15) is 0 Å². The molecule has 2 aromatic heterocycles. The van der Waals surface area contributed by atoms with E-state index in [1.54, 1.807) is 31.0 Å². The molecule has 130 valence electrons. The van der Waals surface area contributed by atoms with Crippen molar-refractivity contribution in [3.63, 3.8) is 0 Å². The molecular weight excluding hydrogens is 338 g/mol. The van der Waals surface area contributed by atoms with Crippen LogP contribution in [0.25, 0.3) is 16.4 Å². The number of amides is 1. The number of aromatic nitrogens is 4. The molecule has 3 aromatic rings. The van der Waals surface area contributed by atoms with Gasteiger partial charge in [-0.15, -0.1) is 16.4 Å². The Morgan fingerprint density at radius 1 is 1.32 bits per heavy atom. The van der Waals surface area contributed by atoms with Gasteiger partial charge in [0.15, 0.2) is 11.6 Å². The lowest BCUT2D eigenvalue weighted by atomic mass is 10.2. The first-order valence-corrected chi connectivity index (χ1v) is 8.76. The number of carbonyl (C=O) groups excluding carboxylic acids is 1. The lowest BCUT2D eigenvalue weighted by Gasteiger charge is -2.06. The molecule has 1 N–H and O–H groups in total. The van der Waals surface area contributed by atoms with Crippen LogP contribution in [0, 0.1) is 0 Å². The smallest absolute Gasteiger partial charge is 0.251 e. The fraction of sp³-hybridized carbons (Fsp3) is 0.294. The van der Waals surface area contributed by atoms with Gasteiger partial charge in [-0.25, -0.2) is 14.6 Å². The predicted octanol–water partition coefficient (Wildman–Crippen LogP) is 2.46. The molecule has 0 radical (unpaired) electrons. The molecule has 8 heteroatoms. The van der Waals surface area contributed by atoms with Crippen molar-refractivity contribution >= 4 is 17.2 Å². The second-order valence-electron chi connectivity index (χ2n) is 5.30. The number of benzene rings is 1. The van der Waals surface area contributed by atoms with Gasteiger partial charge in [0.25, 0.3) is 5.91 Å². The van der Waals surface area contributed by atoms with Crippen LogP contribution in [-0.4, -0.2) is 39.8 Å². The van der Waals surface area contributed by atoms with E-state index in [0.29, 0.717) is 18.0 Å². The second kappa shape index (κ2) is 7.54. The zero-order chi connectivity index (χ0) is 17.8. The minimum Gasteiger partial charge on any atom is -0.377 e. The summed E-state index contributed by atoms with van der Waals surface area (Å²) < 4.78 is 6.94. The molecule has 1 aromatic carbocycles. The summed E-state index contributed by atoms with van der Waals surface area (Å²) in [6, 6.07) is 7.24. The molecule has 0 spiro atoms. The van der Waals surface area contributed by atoms with Crippen LogP contribution >= 0.6 is 11.3 Å². The Kier molecular flexibility index (Phi) is 5.20. The van der Waals surface area contributed by atoms with Crippen LogP contribution < -0.4 is 5.32 Å². The molecule has 0 saturated carbocycles. The van der Waals surface area contributed by atoms with E-state index in [1.807, 2.05) is 17.6 Å². The fourth-order valence-electron chi connectivity index (χ4n) is 2.47. The van der Waals surface area contributed by atoms with Crippen molar-refractivity contribution in [2.75, 3.05) is 14.2 Å². The third-order valence-electron chi connectivity index (χ3n) is 3.70. The second-order valence-corrected chi connectivity index (χ2v) is 6.16. The zero-order valence-corrected chi connectivity index (χ0v) is 15.1. The minimum absolute atomic E-state index is 0.124. The molecule has 25 heavy (non-hydrogen) atoms. The van der Waals surface area contributed by atoms with Crippen LogP contribution in [-0.2, 0) is 17.8 Å². The van der Waals surface area contributed by atoms with Crippen LogP contribution in [0.15, 0.2) is 29.8 Å². The van der Waals surface area contributed by atoms with Crippen molar-refractivity contribution in [3.8, 4) is 16.4 Å². The Morgan fingerprint density at radius 2 is 2.08 bits per heavy atom. The van der Waals surface area contributed by atoms with Crippen molar-refractivity contribution < 1.29 is 9.53 Å². The highest BCUT2D eigenvalue weighted by Crippen LogP contribution is 2.28. The average Bonchev–Trinajstić information content (AvgIpc) is 3.27. The minimum atomic E-state index is -0.124. The number of carbonyl (C=O) groups is 1. The van der Waals surface area contributed by atoms with Gasteiger partial charge in [0, 0.05) is 19.7 Å². The standard InChI is InChI=1S/C17H19N5O2S/c1-4-13-15(25-10-19-13)16-20-14(9-24-3)21-22(16)12-7-5-11(6-8-12)17(23)18-2/h5-8,10H,4,9H2,1-3H3,(H,18,23). The highest BCUT2D eigenvalue weighted by Gasteiger charge is 2.18. The molecule has 0 fully saturated rings. The number of nitrogens with one attached hydrogen (secondary N) is 1. The Balaban J connectivity index is 2.07. The summed E-state index contributed by atoms with van der Waals surface area (Å²) in [4.78, 5) is 21.7. The van der Waals surface area contributed by atoms with Gasteiger partial charge in [0.05, 0.1) is 21.8 Å². The Morgan fingerprint density at radius 3 is 2.72 bits per heavy atom. The first-order valence-electron chi connectivity index (χ1n) is 7.88. The highest BCUT2D eigenvalue weighted by atomic mass is 32.1. The molecule has 0 saturated heterocycles. The van der Waals surface area contributed by atoms with E-state index in [0.717, 1.165) is 28.5 Å². The van der Waals surface area contributed by atoms with E-state index in [1.165, 1.54) is 11.3 Å². The van der Waals surface area contributed by atoms with Crippen molar-refractivity contribution in [3.05, 3.63) is 46.9 Å². The number of ether oxygens (including phenoxy) is 1. The number of rotatable bonds is 6. The van der Waals surface area contributed by atoms with Crippen molar-refractivity contribution in [2.45, 2.75) is 20.0 Å². The molecule has 0 unspecified atom stereocenters. The van der Waals surface area contributed by atoms with Crippen molar-refractivity contribution in [2.24, 2.45) is 0 Å². The number of methoxy groups -OCH3 is 1. The third kappa shape index (κ3) is 3.45. The number of hydrogen-bond donors (Lipinski definition) is 1. The van der Waals surface area contributed by atoms with Crippen molar-refractivity contribution in [1.82, 2.24) is 25.1 Å². The highest BCUT2D eigenvalue weighted by molar-refractivity contribution is 7.13. The molecule has 0 bridgehead atoms. The van der Waals surface area contributed by atoms with Crippen molar-refractivity contribution in [1.29, 1.82) is 0 Å². The van der Waals surface area contributed by atoms with Gasteiger partial charge in [-0.05, 0) is 30.7 Å². The van der Waals surface area contributed by atoms with Gasteiger partial charge in [-0.1, -0.05) is 6.92 Å².